The Kier molecular flexibility index (Phi) is 10.3. The third-order valence-electron chi connectivity index (χ3n) is 4.30. The zero-order valence-corrected chi connectivity index (χ0v) is 18.7. The number of halogens is 1. The standard InChI is InChI=1S/C25H25FO8/c1-4-18-16-19(6-11-22(18)32-14-15-33-24(28)17(3)26)25(29)34-21-9-7-20(8-10-21)31-13-12-23(27)30-5-2/h5-11,16H,2-4,12-15H2,1H3. The summed E-state index contributed by atoms with van der Waals surface area (Å²) in [5, 5.41) is 0. The Morgan fingerprint density at radius 1 is 0.971 bits per heavy atom. The van der Waals surface area contributed by atoms with E-state index in [0.29, 0.717) is 29.2 Å². The first-order valence-electron chi connectivity index (χ1n) is 10.4. The van der Waals surface area contributed by atoms with Gasteiger partial charge >= 0.3 is 17.9 Å². The number of hydrogen-bond donors (Lipinski definition) is 0. The summed E-state index contributed by atoms with van der Waals surface area (Å²) in [7, 11) is 0. The summed E-state index contributed by atoms with van der Waals surface area (Å²) in [6.07, 6.45) is 1.70. The summed E-state index contributed by atoms with van der Waals surface area (Å²) < 4.78 is 38.2. The van der Waals surface area contributed by atoms with Gasteiger partial charge in [0, 0.05) is 0 Å². The minimum absolute atomic E-state index is 0.0136. The van der Waals surface area contributed by atoms with Crippen LogP contribution in [-0.4, -0.2) is 37.7 Å². The van der Waals surface area contributed by atoms with Gasteiger partial charge in [0.25, 0.3) is 0 Å². The minimum Gasteiger partial charge on any atom is -0.493 e. The summed E-state index contributed by atoms with van der Waals surface area (Å²) in [5.41, 5.74) is 1.07. The van der Waals surface area contributed by atoms with Crippen molar-refractivity contribution in [3.63, 3.8) is 0 Å². The number of esters is 3. The Morgan fingerprint density at radius 3 is 2.32 bits per heavy atom. The van der Waals surface area contributed by atoms with Gasteiger partial charge in [0.1, 0.15) is 30.5 Å². The van der Waals surface area contributed by atoms with Crippen LogP contribution in [0.15, 0.2) is 67.7 Å². The van der Waals surface area contributed by atoms with Gasteiger partial charge in [-0.1, -0.05) is 20.1 Å². The third-order valence-corrected chi connectivity index (χ3v) is 4.30. The molecular weight excluding hydrogens is 447 g/mol. The number of benzene rings is 2. The van der Waals surface area contributed by atoms with Crippen LogP contribution in [0.2, 0.25) is 0 Å². The lowest BCUT2D eigenvalue weighted by molar-refractivity contribution is -0.141. The van der Waals surface area contributed by atoms with E-state index in [1.807, 2.05) is 6.92 Å². The molecule has 0 atom stereocenters. The highest BCUT2D eigenvalue weighted by Gasteiger charge is 2.13. The molecule has 0 aromatic heterocycles. The van der Waals surface area contributed by atoms with E-state index in [1.54, 1.807) is 42.5 Å². The summed E-state index contributed by atoms with van der Waals surface area (Å²) in [6, 6.07) is 11.2. The molecule has 0 amide bonds. The normalized spacial score (nSPS) is 10.1. The van der Waals surface area contributed by atoms with Crippen molar-refractivity contribution in [2.45, 2.75) is 19.8 Å². The maximum Gasteiger partial charge on any atom is 0.366 e. The molecule has 0 saturated carbocycles. The van der Waals surface area contributed by atoms with Gasteiger partial charge in [-0.15, -0.1) is 0 Å². The lowest BCUT2D eigenvalue weighted by Gasteiger charge is -2.12. The number of carbonyl (C=O) groups is 3. The molecule has 180 valence electrons. The average Bonchev–Trinajstić information content (AvgIpc) is 2.82. The van der Waals surface area contributed by atoms with Crippen LogP contribution >= 0.6 is 0 Å². The molecule has 0 aliphatic heterocycles. The van der Waals surface area contributed by atoms with E-state index < -0.39 is 23.7 Å². The van der Waals surface area contributed by atoms with E-state index in [0.717, 1.165) is 11.8 Å². The molecule has 0 unspecified atom stereocenters. The molecule has 8 nitrogen and oxygen atoms in total. The van der Waals surface area contributed by atoms with Gasteiger partial charge in [0.05, 0.1) is 24.9 Å². The zero-order chi connectivity index (χ0) is 24.9. The first kappa shape index (κ1) is 26.1. The average molecular weight is 472 g/mol. The SMILES string of the molecule is C=COC(=O)CCOc1ccc(OC(=O)c2ccc(OCCOC(=O)C(=C)F)c(CC)c2)cc1. The van der Waals surface area contributed by atoms with Crippen molar-refractivity contribution in [2.75, 3.05) is 19.8 Å². The topological polar surface area (TPSA) is 97.4 Å². The second-order valence-electron chi connectivity index (χ2n) is 6.68. The fraction of sp³-hybridized carbons (Fsp3) is 0.240. The molecule has 2 aromatic rings. The van der Waals surface area contributed by atoms with Gasteiger partial charge < -0.3 is 23.7 Å². The van der Waals surface area contributed by atoms with E-state index in [-0.39, 0.29) is 26.2 Å². The Morgan fingerprint density at radius 2 is 1.68 bits per heavy atom. The van der Waals surface area contributed by atoms with E-state index in [1.165, 1.54) is 0 Å². The Bertz CT molecular complexity index is 1030. The lowest BCUT2D eigenvalue weighted by Crippen LogP contribution is -2.13. The van der Waals surface area contributed by atoms with E-state index >= 15 is 0 Å². The van der Waals surface area contributed by atoms with Crippen LogP contribution < -0.4 is 14.2 Å². The summed E-state index contributed by atoms with van der Waals surface area (Å²) >= 11 is 0. The third kappa shape index (κ3) is 8.42. The van der Waals surface area contributed by atoms with Gasteiger partial charge in [0.15, 0.2) is 0 Å². The predicted molar refractivity (Wildman–Crippen MR) is 120 cm³/mol. The molecule has 0 heterocycles. The van der Waals surface area contributed by atoms with Crippen molar-refractivity contribution in [1.82, 2.24) is 0 Å². The molecule has 0 N–H and O–H groups in total. The molecule has 0 bridgehead atoms. The van der Waals surface area contributed by atoms with Crippen molar-refractivity contribution in [1.29, 1.82) is 0 Å². The smallest absolute Gasteiger partial charge is 0.366 e. The number of rotatable bonds is 13. The highest BCUT2D eigenvalue weighted by molar-refractivity contribution is 5.91. The van der Waals surface area contributed by atoms with Gasteiger partial charge in [-0.05, 0) is 54.4 Å². The van der Waals surface area contributed by atoms with Crippen LogP contribution in [-0.2, 0) is 25.5 Å². The highest BCUT2D eigenvalue weighted by Crippen LogP contribution is 2.23. The largest absolute Gasteiger partial charge is 0.493 e. The van der Waals surface area contributed by atoms with Crippen LogP contribution in [0.3, 0.4) is 0 Å². The second kappa shape index (κ2) is 13.4. The molecule has 0 saturated heterocycles. The summed E-state index contributed by atoms with van der Waals surface area (Å²) in [6.45, 7) is 8.04. The number of hydrogen-bond acceptors (Lipinski definition) is 8. The molecule has 0 fully saturated rings. The molecule has 9 heteroatoms. The van der Waals surface area contributed by atoms with Gasteiger partial charge in [-0.3, -0.25) is 4.79 Å². The maximum atomic E-state index is 12.6. The van der Waals surface area contributed by atoms with Gasteiger partial charge in [-0.2, -0.15) is 4.39 Å². The van der Waals surface area contributed by atoms with Crippen LogP contribution in [0, 0.1) is 0 Å². The second-order valence-corrected chi connectivity index (χ2v) is 6.68. The van der Waals surface area contributed by atoms with Crippen LogP contribution in [0.25, 0.3) is 0 Å². The summed E-state index contributed by atoms with van der Waals surface area (Å²) in [4.78, 5) is 34.8. The monoisotopic (exact) mass is 472 g/mol. The van der Waals surface area contributed by atoms with Crippen molar-refractivity contribution in [2.24, 2.45) is 0 Å². The van der Waals surface area contributed by atoms with Crippen LogP contribution in [0.1, 0.15) is 29.3 Å². The first-order valence-corrected chi connectivity index (χ1v) is 10.4. The van der Waals surface area contributed by atoms with E-state index in [9.17, 15) is 18.8 Å². The van der Waals surface area contributed by atoms with Gasteiger partial charge in [0.2, 0.25) is 5.83 Å². The Hall–Kier alpha value is -4.14. The minimum atomic E-state index is -1.18. The van der Waals surface area contributed by atoms with Crippen molar-refractivity contribution in [3.8, 4) is 17.2 Å². The van der Waals surface area contributed by atoms with Crippen LogP contribution in [0.4, 0.5) is 4.39 Å². The van der Waals surface area contributed by atoms with Gasteiger partial charge in [-0.25, -0.2) is 9.59 Å². The molecule has 0 aliphatic rings. The molecule has 0 spiro atoms. The Balaban J connectivity index is 1.89. The van der Waals surface area contributed by atoms with Crippen molar-refractivity contribution < 1.29 is 42.5 Å². The quantitative estimate of drug-likeness (QED) is 0.140. The molecule has 2 aromatic carbocycles. The lowest BCUT2D eigenvalue weighted by atomic mass is 10.1. The zero-order valence-electron chi connectivity index (χ0n) is 18.7. The summed E-state index contributed by atoms with van der Waals surface area (Å²) in [5.74, 6) is -1.99. The molecule has 0 radical (unpaired) electrons. The van der Waals surface area contributed by atoms with Crippen LogP contribution in [0.5, 0.6) is 17.2 Å². The van der Waals surface area contributed by atoms with Crippen molar-refractivity contribution >= 4 is 17.9 Å². The maximum absolute atomic E-state index is 12.6. The number of ether oxygens (including phenoxy) is 5. The molecule has 2 rings (SSSR count). The van der Waals surface area contributed by atoms with E-state index in [4.69, 9.17) is 14.2 Å². The Labute approximate surface area is 196 Å². The fourth-order valence-corrected chi connectivity index (χ4v) is 2.66. The van der Waals surface area contributed by atoms with Crippen molar-refractivity contribution in [3.05, 3.63) is 78.8 Å². The van der Waals surface area contributed by atoms with E-state index in [2.05, 4.69) is 22.6 Å². The number of carbonyl (C=O) groups excluding carboxylic acids is 3. The highest BCUT2D eigenvalue weighted by atomic mass is 19.1. The fourth-order valence-electron chi connectivity index (χ4n) is 2.66. The molecular formula is C25H25FO8. The number of aryl methyl sites for hydroxylation is 1. The molecule has 34 heavy (non-hydrogen) atoms. The predicted octanol–water partition coefficient (Wildman–Crippen LogP) is 4.33. The first-order chi connectivity index (χ1) is 16.3. The molecule has 0 aliphatic carbocycles.